The van der Waals surface area contributed by atoms with Gasteiger partial charge in [0.25, 0.3) is 0 Å². The maximum absolute atomic E-state index is 12.8. The number of hydrogen-bond acceptors (Lipinski definition) is 4. The Morgan fingerprint density at radius 3 is 2.88 bits per heavy atom. The van der Waals surface area contributed by atoms with Gasteiger partial charge >= 0.3 is 0 Å². The van der Waals surface area contributed by atoms with Crippen molar-refractivity contribution in [3.8, 4) is 11.5 Å². The number of amides is 1. The molecule has 1 amide bonds. The zero-order chi connectivity index (χ0) is 16.2. The molecule has 1 aromatic rings. The van der Waals surface area contributed by atoms with Crippen molar-refractivity contribution in [3.63, 3.8) is 0 Å². The predicted octanol–water partition coefficient (Wildman–Crippen LogP) is 2.68. The molecule has 5 nitrogen and oxygen atoms in total. The Morgan fingerprint density at radius 1 is 1.38 bits per heavy atom. The summed E-state index contributed by atoms with van der Waals surface area (Å²) in [5.74, 6) is 1.36. The second-order valence-corrected chi connectivity index (χ2v) is 6.42. The summed E-state index contributed by atoms with van der Waals surface area (Å²) in [5, 5.41) is 3.84. The highest BCUT2D eigenvalue weighted by Gasteiger charge is 2.26. The highest BCUT2D eigenvalue weighted by Crippen LogP contribution is 2.38. The number of nitrogens with one attached hydrogen (secondary N) is 1. The Labute approximate surface area is 154 Å². The molecule has 0 aromatic heterocycles. The fourth-order valence-electron chi connectivity index (χ4n) is 3.20. The number of halogens is 2. The fourth-order valence-corrected chi connectivity index (χ4v) is 3.49. The molecule has 2 heterocycles. The lowest BCUT2D eigenvalue weighted by Crippen LogP contribution is -2.42. The van der Waals surface area contributed by atoms with Gasteiger partial charge in [-0.2, -0.15) is 0 Å². The van der Waals surface area contributed by atoms with Gasteiger partial charge in [0.2, 0.25) is 5.91 Å². The smallest absolute Gasteiger partial charge is 0.227 e. The number of benzene rings is 1. The average Bonchev–Trinajstić information content (AvgIpc) is 3.06. The number of carbonyl (C=O) groups is 1. The number of rotatable bonds is 5. The standard InChI is InChI=1S/C17H23ClN2O3.ClH/c1-2-5-20(13-3-4-19-11-13)16(21)10-12-8-14(18)17-15(9-12)22-6-7-23-17;/h8-9,13,19H,2-7,10-11H2,1H3;1H. The molecular weight excluding hydrogens is 351 g/mol. The Morgan fingerprint density at radius 2 is 2.17 bits per heavy atom. The van der Waals surface area contributed by atoms with Gasteiger partial charge in [-0.1, -0.05) is 18.5 Å². The molecule has 1 fully saturated rings. The quantitative estimate of drug-likeness (QED) is 0.860. The number of nitrogens with zero attached hydrogens (tertiary/aromatic N) is 1. The topological polar surface area (TPSA) is 50.8 Å². The van der Waals surface area contributed by atoms with E-state index in [9.17, 15) is 4.79 Å². The lowest BCUT2D eigenvalue weighted by molar-refractivity contribution is -0.132. The van der Waals surface area contributed by atoms with Crippen LogP contribution in [0.2, 0.25) is 5.02 Å². The van der Waals surface area contributed by atoms with Crippen LogP contribution in [0.1, 0.15) is 25.3 Å². The SMILES string of the molecule is CCCN(C(=O)Cc1cc(Cl)c2c(c1)OCCO2)C1CCNC1.Cl. The molecule has 3 rings (SSSR count). The van der Waals surface area contributed by atoms with Gasteiger partial charge in [0, 0.05) is 19.1 Å². The van der Waals surface area contributed by atoms with E-state index in [0.29, 0.717) is 42.2 Å². The van der Waals surface area contributed by atoms with E-state index in [-0.39, 0.29) is 18.3 Å². The van der Waals surface area contributed by atoms with E-state index in [0.717, 1.165) is 38.0 Å². The normalized spacial score (nSPS) is 18.8. The Hall–Kier alpha value is -1.17. The molecule has 1 N–H and O–H groups in total. The molecular formula is C17H24Cl2N2O3. The zero-order valence-electron chi connectivity index (χ0n) is 13.8. The van der Waals surface area contributed by atoms with E-state index >= 15 is 0 Å². The first-order valence-corrected chi connectivity index (χ1v) is 8.65. The Kier molecular flexibility index (Phi) is 7.02. The Bertz CT molecular complexity index is 577. The third kappa shape index (κ3) is 4.26. The van der Waals surface area contributed by atoms with E-state index < -0.39 is 0 Å². The van der Waals surface area contributed by atoms with Crippen LogP contribution >= 0.6 is 24.0 Å². The molecule has 7 heteroatoms. The van der Waals surface area contributed by atoms with E-state index in [1.165, 1.54) is 0 Å². The van der Waals surface area contributed by atoms with Crippen LogP contribution in [-0.2, 0) is 11.2 Å². The Balaban J connectivity index is 0.00000208. The van der Waals surface area contributed by atoms with Crippen LogP contribution in [0.25, 0.3) is 0 Å². The van der Waals surface area contributed by atoms with Crippen molar-refractivity contribution in [2.45, 2.75) is 32.2 Å². The number of ether oxygens (including phenoxy) is 2. The van der Waals surface area contributed by atoms with Crippen molar-refractivity contribution in [1.29, 1.82) is 0 Å². The minimum atomic E-state index is 0. The van der Waals surface area contributed by atoms with Crippen molar-refractivity contribution in [3.05, 3.63) is 22.7 Å². The van der Waals surface area contributed by atoms with Crippen molar-refractivity contribution in [1.82, 2.24) is 10.2 Å². The summed E-state index contributed by atoms with van der Waals surface area (Å²) in [5.41, 5.74) is 0.872. The van der Waals surface area contributed by atoms with Gasteiger partial charge in [0.1, 0.15) is 13.2 Å². The predicted molar refractivity (Wildman–Crippen MR) is 96.7 cm³/mol. The van der Waals surface area contributed by atoms with Crippen molar-refractivity contribution >= 4 is 29.9 Å². The van der Waals surface area contributed by atoms with E-state index in [1.54, 1.807) is 0 Å². The first-order chi connectivity index (χ1) is 11.2. The van der Waals surface area contributed by atoms with Crippen molar-refractivity contribution in [2.24, 2.45) is 0 Å². The maximum atomic E-state index is 12.8. The summed E-state index contributed by atoms with van der Waals surface area (Å²) < 4.78 is 11.1. The molecule has 24 heavy (non-hydrogen) atoms. The van der Waals surface area contributed by atoms with Crippen LogP contribution < -0.4 is 14.8 Å². The van der Waals surface area contributed by atoms with E-state index in [4.69, 9.17) is 21.1 Å². The summed E-state index contributed by atoms with van der Waals surface area (Å²) in [6, 6.07) is 3.98. The van der Waals surface area contributed by atoms with Crippen LogP contribution in [0.3, 0.4) is 0 Å². The largest absolute Gasteiger partial charge is 0.486 e. The average molecular weight is 375 g/mol. The molecule has 1 aromatic carbocycles. The summed E-state index contributed by atoms with van der Waals surface area (Å²) in [6.45, 7) is 5.77. The highest BCUT2D eigenvalue weighted by molar-refractivity contribution is 6.32. The van der Waals surface area contributed by atoms with E-state index in [2.05, 4.69) is 12.2 Å². The lowest BCUT2D eigenvalue weighted by atomic mass is 10.1. The lowest BCUT2D eigenvalue weighted by Gasteiger charge is -2.28. The molecule has 1 atom stereocenters. The first-order valence-electron chi connectivity index (χ1n) is 8.27. The van der Waals surface area contributed by atoms with Crippen molar-refractivity contribution < 1.29 is 14.3 Å². The highest BCUT2D eigenvalue weighted by atomic mass is 35.5. The van der Waals surface area contributed by atoms with Gasteiger partial charge in [-0.15, -0.1) is 12.4 Å². The molecule has 2 aliphatic heterocycles. The van der Waals surface area contributed by atoms with Gasteiger partial charge in [0.05, 0.1) is 11.4 Å². The van der Waals surface area contributed by atoms with Crippen molar-refractivity contribution in [2.75, 3.05) is 32.8 Å². The number of carbonyl (C=O) groups excluding carboxylic acids is 1. The fraction of sp³-hybridized carbons (Fsp3) is 0.588. The molecule has 2 aliphatic rings. The van der Waals surface area contributed by atoms with Gasteiger partial charge in [-0.05, 0) is 37.1 Å². The molecule has 0 spiro atoms. The van der Waals surface area contributed by atoms with Gasteiger partial charge in [0.15, 0.2) is 11.5 Å². The summed E-state index contributed by atoms with van der Waals surface area (Å²) in [6.07, 6.45) is 2.32. The number of fused-ring (bicyclic) bond motifs is 1. The van der Waals surface area contributed by atoms with Crippen LogP contribution in [0.15, 0.2) is 12.1 Å². The molecule has 0 radical (unpaired) electrons. The molecule has 0 aliphatic carbocycles. The van der Waals surface area contributed by atoms with E-state index in [1.807, 2.05) is 17.0 Å². The molecule has 1 unspecified atom stereocenters. The second-order valence-electron chi connectivity index (χ2n) is 6.01. The van der Waals surface area contributed by atoms with Crippen LogP contribution in [0, 0.1) is 0 Å². The summed E-state index contributed by atoms with van der Waals surface area (Å²) in [7, 11) is 0. The molecule has 1 saturated heterocycles. The third-order valence-electron chi connectivity index (χ3n) is 4.27. The monoisotopic (exact) mass is 374 g/mol. The maximum Gasteiger partial charge on any atom is 0.227 e. The van der Waals surface area contributed by atoms with Crippen LogP contribution in [0.5, 0.6) is 11.5 Å². The van der Waals surface area contributed by atoms with Crippen LogP contribution in [-0.4, -0.2) is 49.7 Å². The first kappa shape index (κ1) is 19.2. The molecule has 0 bridgehead atoms. The molecule has 134 valence electrons. The second kappa shape index (κ2) is 8.79. The van der Waals surface area contributed by atoms with Gasteiger partial charge in [-0.25, -0.2) is 0 Å². The summed E-state index contributed by atoms with van der Waals surface area (Å²) >= 11 is 6.26. The molecule has 0 saturated carbocycles. The minimum absolute atomic E-state index is 0. The van der Waals surface area contributed by atoms with Gasteiger partial charge < -0.3 is 19.7 Å². The van der Waals surface area contributed by atoms with Gasteiger partial charge in [-0.3, -0.25) is 4.79 Å². The zero-order valence-corrected chi connectivity index (χ0v) is 15.4. The third-order valence-corrected chi connectivity index (χ3v) is 4.55. The minimum Gasteiger partial charge on any atom is -0.486 e. The summed E-state index contributed by atoms with van der Waals surface area (Å²) in [4.78, 5) is 14.8. The van der Waals surface area contributed by atoms with Crippen LogP contribution in [0.4, 0.5) is 0 Å². The number of hydrogen-bond donors (Lipinski definition) is 1.